The summed E-state index contributed by atoms with van der Waals surface area (Å²) in [6.45, 7) is 1.83. The van der Waals surface area contributed by atoms with E-state index in [1.54, 1.807) is 55.9 Å². The van der Waals surface area contributed by atoms with Crippen molar-refractivity contribution < 1.29 is 14.3 Å². The molecular formula is C22H23N3O4. The van der Waals surface area contributed by atoms with Crippen molar-refractivity contribution in [3.8, 4) is 5.75 Å². The Morgan fingerprint density at radius 1 is 1.10 bits per heavy atom. The Kier molecular flexibility index (Phi) is 5.68. The van der Waals surface area contributed by atoms with Crippen LogP contribution in [0.15, 0.2) is 53.3 Å². The molecule has 1 heterocycles. The van der Waals surface area contributed by atoms with Crippen LogP contribution < -0.4 is 15.5 Å². The van der Waals surface area contributed by atoms with Crippen LogP contribution in [-0.2, 0) is 11.3 Å². The minimum absolute atomic E-state index is 0.0373. The molecule has 3 rings (SSSR count). The van der Waals surface area contributed by atoms with Gasteiger partial charge in [0.25, 0.3) is 5.91 Å². The average molecular weight is 393 g/mol. The number of hydrogen-bond acceptors (Lipinski definition) is 4. The second kappa shape index (κ2) is 8.18. The molecule has 3 aromatic rings. The average Bonchev–Trinajstić information content (AvgIpc) is 2.70. The van der Waals surface area contributed by atoms with Crippen LogP contribution in [0.2, 0.25) is 0 Å². The SMILES string of the molecule is COc1ccc(NC(=O)Cn2c(C)cc(=O)c3ccccc32)cc1C(=O)N(C)C. The molecule has 0 aliphatic carbocycles. The van der Waals surface area contributed by atoms with Crippen molar-refractivity contribution >= 4 is 28.4 Å². The van der Waals surface area contributed by atoms with E-state index in [1.165, 1.54) is 18.1 Å². The first-order chi connectivity index (χ1) is 13.8. The first-order valence-corrected chi connectivity index (χ1v) is 9.10. The maximum absolute atomic E-state index is 12.7. The number of pyridine rings is 1. The Balaban J connectivity index is 1.89. The second-order valence-electron chi connectivity index (χ2n) is 6.92. The summed E-state index contributed by atoms with van der Waals surface area (Å²) in [6.07, 6.45) is 0. The molecule has 7 nitrogen and oxygen atoms in total. The Morgan fingerprint density at radius 3 is 2.52 bits per heavy atom. The van der Waals surface area contributed by atoms with Crippen molar-refractivity contribution in [3.05, 3.63) is 70.0 Å². The normalized spacial score (nSPS) is 10.6. The fourth-order valence-electron chi connectivity index (χ4n) is 3.20. The number of ether oxygens (including phenoxy) is 1. The van der Waals surface area contributed by atoms with Crippen molar-refractivity contribution in [2.45, 2.75) is 13.5 Å². The van der Waals surface area contributed by atoms with Crippen LogP contribution >= 0.6 is 0 Å². The number of para-hydroxylation sites is 1. The van der Waals surface area contributed by atoms with Gasteiger partial charge in [0, 0.05) is 36.9 Å². The summed E-state index contributed by atoms with van der Waals surface area (Å²) in [5.74, 6) is -0.0561. The molecule has 2 aromatic carbocycles. The number of nitrogens with one attached hydrogen (secondary N) is 1. The standard InChI is InChI=1S/C22H23N3O4/c1-14-11-19(26)16-7-5-6-8-18(16)25(14)13-21(27)23-15-9-10-20(29-4)17(12-15)22(28)24(2)3/h5-12H,13H2,1-4H3,(H,23,27). The molecule has 7 heteroatoms. The molecule has 150 valence electrons. The maximum atomic E-state index is 12.7. The number of carbonyl (C=O) groups is 2. The summed E-state index contributed by atoms with van der Waals surface area (Å²) < 4.78 is 7.05. The first-order valence-electron chi connectivity index (χ1n) is 9.10. The number of amides is 2. The summed E-state index contributed by atoms with van der Waals surface area (Å²) >= 11 is 0. The van der Waals surface area contributed by atoms with Crippen LogP contribution in [0.5, 0.6) is 5.75 Å². The van der Waals surface area contributed by atoms with Crippen molar-refractivity contribution in [2.75, 3.05) is 26.5 Å². The van der Waals surface area contributed by atoms with E-state index in [1.807, 2.05) is 12.1 Å². The molecule has 0 saturated heterocycles. The van der Waals surface area contributed by atoms with Crippen LogP contribution in [0.3, 0.4) is 0 Å². The molecule has 0 saturated carbocycles. The zero-order chi connectivity index (χ0) is 21.1. The van der Waals surface area contributed by atoms with Crippen LogP contribution in [0.1, 0.15) is 16.1 Å². The molecule has 2 amide bonds. The first kappa shape index (κ1) is 20.1. The van der Waals surface area contributed by atoms with Gasteiger partial charge in [0.1, 0.15) is 12.3 Å². The third-order valence-electron chi connectivity index (χ3n) is 4.65. The van der Waals surface area contributed by atoms with E-state index in [2.05, 4.69) is 5.32 Å². The summed E-state index contributed by atoms with van der Waals surface area (Å²) in [5, 5.41) is 3.38. The molecule has 0 fully saturated rings. The summed E-state index contributed by atoms with van der Waals surface area (Å²) in [6, 6.07) is 13.6. The smallest absolute Gasteiger partial charge is 0.257 e. The molecule has 29 heavy (non-hydrogen) atoms. The number of aromatic nitrogens is 1. The highest BCUT2D eigenvalue weighted by Gasteiger charge is 2.16. The van der Waals surface area contributed by atoms with E-state index >= 15 is 0 Å². The van der Waals surface area contributed by atoms with E-state index in [4.69, 9.17) is 4.74 Å². The number of fused-ring (bicyclic) bond motifs is 1. The lowest BCUT2D eigenvalue weighted by atomic mass is 10.1. The Labute approximate surface area is 168 Å². The topological polar surface area (TPSA) is 80.6 Å². The van der Waals surface area contributed by atoms with Crippen molar-refractivity contribution in [1.29, 1.82) is 0 Å². The fraction of sp³-hybridized carbons (Fsp3) is 0.227. The highest BCUT2D eigenvalue weighted by atomic mass is 16.5. The van der Waals surface area contributed by atoms with Gasteiger partial charge in [0.05, 0.1) is 18.2 Å². The predicted molar refractivity (Wildman–Crippen MR) is 113 cm³/mol. The van der Waals surface area contributed by atoms with Crippen LogP contribution in [-0.4, -0.2) is 42.5 Å². The second-order valence-corrected chi connectivity index (χ2v) is 6.92. The van der Waals surface area contributed by atoms with Crippen LogP contribution in [0, 0.1) is 6.92 Å². The van der Waals surface area contributed by atoms with E-state index in [0.717, 1.165) is 0 Å². The Morgan fingerprint density at radius 2 is 1.83 bits per heavy atom. The van der Waals surface area contributed by atoms with Gasteiger partial charge in [-0.15, -0.1) is 0 Å². The van der Waals surface area contributed by atoms with Crippen molar-refractivity contribution in [1.82, 2.24) is 9.47 Å². The highest BCUT2D eigenvalue weighted by molar-refractivity contribution is 5.99. The van der Waals surface area contributed by atoms with E-state index in [-0.39, 0.29) is 23.8 Å². The number of hydrogen-bond donors (Lipinski definition) is 1. The minimum atomic E-state index is -0.268. The van der Waals surface area contributed by atoms with Gasteiger partial charge in [0.2, 0.25) is 5.91 Å². The number of carbonyl (C=O) groups excluding carboxylic acids is 2. The number of methoxy groups -OCH3 is 1. The number of rotatable bonds is 5. The third-order valence-corrected chi connectivity index (χ3v) is 4.65. The molecule has 0 unspecified atom stereocenters. The van der Waals surface area contributed by atoms with Crippen molar-refractivity contribution in [2.24, 2.45) is 0 Å². The number of anilines is 1. The van der Waals surface area contributed by atoms with Gasteiger partial charge >= 0.3 is 0 Å². The summed E-state index contributed by atoms with van der Waals surface area (Å²) in [7, 11) is 4.79. The molecule has 0 aliphatic rings. The summed E-state index contributed by atoms with van der Waals surface area (Å²) in [5.41, 5.74) is 2.17. The predicted octanol–water partition coefficient (Wildman–Crippen LogP) is 2.66. The molecule has 0 aliphatic heterocycles. The van der Waals surface area contributed by atoms with Gasteiger partial charge in [-0.2, -0.15) is 0 Å². The molecule has 0 spiro atoms. The zero-order valence-electron chi connectivity index (χ0n) is 16.9. The lowest BCUT2D eigenvalue weighted by Crippen LogP contribution is -2.24. The molecule has 1 N–H and O–H groups in total. The lowest BCUT2D eigenvalue weighted by Gasteiger charge is -2.16. The van der Waals surface area contributed by atoms with Gasteiger partial charge in [-0.05, 0) is 37.3 Å². The highest BCUT2D eigenvalue weighted by Crippen LogP contribution is 2.24. The Hall–Kier alpha value is -3.61. The Bertz CT molecular complexity index is 1150. The van der Waals surface area contributed by atoms with Gasteiger partial charge in [-0.1, -0.05) is 12.1 Å². The van der Waals surface area contributed by atoms with Crippen molar-refractivity contribution in [3.63, 3.8) is 0 Å². The van der Waals surface area contributed by atoms with Gasteiger partial charge in [-0.3, -0.25) is 14.4 Å². The lowest BCUT2D eigenvalue weighted by molar-refractivity contribution is -0.116. The van der Waals surface area contributed by atoms with Gasteiger partial charge in [0.15, 0.2) is 5.43 Å². The van der Waals surface area contributed by atoms with Crippen LogP contribution in [0.25, 0.3) is 10.9 Å². The maximum Gasteiger partial charge on any atom is 0.257 e. The molecule has 0 atom stereocenters. The molecular weight excluding hydrogens is 370 g/mol. The number of benzene rings is 2. The van der Waals surface area contributed by atoms with Crippen LogP contribution in [0.4, 0.5) is 5.69 Å². The molecule has 0 bridgehead atoms. The van der Waals surface area contributed by atoms with E-state index < -0.39 is 0 Å². The number of aryl methyl sites for hydroxylation is 1. The zero-order valence-corrected chi connectivity index (χ0v) is 16.9. The van der Waals surface area contributed by atoms with Gasteiger partial charge in [-0.25, -0.2) is 0 Å². The molecule has 1 aromatic heterocycles. The monoisotopic (exact) mass is 393 g/mol. The molecule has 0 radical (unpaired) electrons. The largest absolute Gasteiger partial charge is 0.496 e. The van der Waals surface area contributed by atoms with E-state index in [0.29, 0.717) is 33.6 Å². The minimum Gasteiger partial charge on any atom is -0.496 e. The van der Waals surface area contributed by atoms with Gasteiger partial charge < -0.3 is 19.5 Å². The van der Waals surface area contributed by atoms with E-state index in [9.17, 15) is 14.4 Å². The number of nitrogens with zero attached hydrogens (tertiary/aromatic N) is 2. The fourth-order valence-corrected chi connectivity index (χ4v) is 3.20. The quantitative estimate of drug-likeness (QED) is 0.723. The third kappa shape index (κ3) is 4.13. The summed E-state index contributed by atoms with van der Waals surface area (Å²) in [4.78, 5) is 38.7.